The Hall–Kier alpha value is -0.610. The first kappa shape index (κ1) is 9.93. The minimum absolute atomic E-state index is 0.104. The fourth-order valence-electron chi connectivity index (χ4n) is 2.41. The van der Waals surface area contributed by atoms with Crippen LogP contribution in [0.1, 0.15) is 32.1 Å². The Balaban J connectivity index is 1.88. The lowest BCUT2D eigenvalue weighted by atomic mass is 9.99. The first-order valence-electron chi connectivity index (χ1n) is 5.48. The van der Waals surface area contributed by atoms with Crippen molar-refractivity contribution in [2.75, 3.05) is 13.1 Å². The van der Waals surface area contributed by atoms with Gasteiger partial charge in [0.05, 0.1) is 19.1 Å². The highest BCUT2D eigenvalue weighted by Gasteiger charge is 2.36. The Morgan fingerprint density at radius 3 is 2.79 bits per heavy atom. The first-order chi connectivity index (χ1) is 6.81. The van der Waals surface area contributed by atoms with E-state index in [0.29, 0.717) is 25.4 Å². The fraction of sp³-hybridized carbons (Fsp3) is 0.900. The van der Waals surface area contributed by atoms with Crippen molar-refractivity contribution < 1.29 is 9.63 Å². The summed E-state index contributed by atoms with van der Waals surface area (Å²) in [6.07, 6.45) is 5.70. The van der Waals surface area contributed by atoms with Crippen LogP contribution in [0.25, 0.3) is 0 Å². The predicted molar refractivity (Wildman–Crippen MR) is 52.2 cm³/mol. The van der Waals surface area contributed by atoms with Gasteiger partial charge in [-0.25, -0.2) is 5.06 Å². The van der Waals surface area contributed by atoms with Crippen molar-refractivity contribution in [3.05, 3.63) is 0 Å². The van der Waals surface area contributed by atoms with Crippen LogP contribution in [0.5, 0.6) is 0 Å². The molecule has 0 aromatic rings. The molecule has 2 rings (SSSR count). The second-order valence-corrected chi connectivity index (χ2v) is 4.18. The average molecular weight is 198 g/mol. The number of hydroxylamine groups is 2. The van der Waals surface area contributed by atoms with Crippen LogP contribution in [-0.4, -0.2) is 30.2 Å². The molecule has 4 nitrogen and oxygen atoms in total. The summed E-state index contributed by atoms with van der Waals surface area (Å²) in [5, 5.41) is 1.45. The lowest BCUT2D eigenvalue weighted by Crippen LogP contribution is -2.30. The molecule has 1 saturated carbocycles. The van der Waals surface area contributed by atoms with E-state index in [1.165, 1.54) is 30.7 Å². The van der Waals surface area contributed by atoms with E-state index in [9.17, 15) is 4.79 Å². The number of hydrogen-bond donors (Lipinski definition) is 1. The van der Waals surface area contributed by atoms with Gasteiger partial charge in [-0.1, -0.05) is 12.8 Å². The highest BCUT2D eigenvalue weighted by molar-refractivity contribution is 5.77. The van der Waals surface area contributed by atoms with Crippen LogP contribution < -0.4 is 5.73 Å². The van der Waals surface area contributed by atoms with Crippen LogP contribution >= 0.6 is 0 Å². The summed E-state index contributed by atoms with van der Waals surface area (Å²) in [6, 6.07) is 0. The van der Waals surface area contributed by atoms with E-state index in [-0.39, 0.29) is 12.0 Å². The zero-order chi connectivity index (χ0) is 9.97. The molecule has 1 heterocycles. The predicted octanol–water partition coefficient (Wildman–Crippen LogP) is 0.668. The van der Waals surface area contributed by atoms with E-state index in [0.717, 1.165) is 0 Å². The average Bonchev–Trinajstić information content (AvgIpc) is 2.76. The van der Waals surface area contributed by atoms with Gasteiger partial charge in [0.2, 0.25) is 5.91 Å². The molecule has 0 radical (unpaired) electrons. The molecule has 1 aliphatic carbocycles. The lowest BCUT2D eigenvalue weighted by molar-refractivity contribution is -0.177. The third kappa shape index (κ3) is 1.91. The normalized spacial score (nSPS) is 29.1. The second-order valence-electron chi connectivity index (χ2n) is 4.18. The van der Waals surface area contributed by atoms with E-state index >= 15 is 0 Å². The van der Waals surface area contributed by atoms with E-state index in [1.807, 2.05) is 0 Å². The first-order valence-corrected chi connectivity index (χ1v) is 5.48. The van der Waals surface area contributed by atoms with Crippen molar-refractivity contribution in [1.82, 2.24) is 5.06 Å². The van der Waals surface area contributed by atoms with Crippen LogP contribution in [0.15, 0.2) is 0 Å². The van der Waals surface area contributed by atoms with Crippen molar-refractivity contribution >= 4 is 5.91 Å². The van der Waals surface area contributed by atoms with Crippen LogP contribution in [0.4, 0.5) is 0 Å². The van der Waals surface area contributed by atoms with Crippen molar-refractivity contribution in [3.8, 4) is 0 Å². The Morgan fingerprint density at radius 2 is 2.14 bits per heavy atom. The maximum atomic E-state index is 11.5. The molecule has 0 bridgehead atoms. The second kappa shape index (κ2) is 4.28. The quantitative estimate of drug-likeness (QED) is 0.725. The number of nitrogens with zero attached hydrogens (tertiary/aromatic N) is 1. The SMILES string of the molecule is NCCN1OC(C2CCCC2)CC1=O. The third-order valence-electron chi connectivity index (χ3n) is 3.17. The monoisotopic (exact) mass is 198 g/mol. The summed E-state index contributed by atoms with van der Waals surface area (Å²) in [4.78, 5) is 17.1. The largest absolute Gasteiger partial charge is 0.329 e. The van der Waals surface area contributed by atoms with E-state index < -0.39 is 0 Å². The molecule has 80 valence electrons. The number of carbonyl (C=O) groups excluding carboxylic acids is 1. The molecule has 0 spiro atoms. The van der Waals surface area contributed by atoms with Gasteiger partial charge in [-0.3, -0.25) is 9.63 Å². The highest BCUT2D eigenvalue weighted by Crippen LogP contribution is 2.33. The Bertz CT molecular complexity index is 214. The topological polar surface area (TPSA) is 55.6 Å². The van der Waals surface area contributed by atoms with Gasteiger partial charge >= 0.3 is 0 Å². The molecule has 0 aromatic carbocycles. The summed E-state index contributed by atoms with van der Waals surface area (Å²) in [7, 11) is 0. The molecule has 2 N–H and O–H groups in total. The molecule has 1 saturated heterocycles. The zero-order valence-corrected chi connectivity index (χ0v) is 8.45. The number of carbonyl (C=O) groups is 1. The number of hydrogen-bond acceptors (Lipinski definition) is 3. The maximum absolute atomic E-state index is 11.5. The summed E-state index contributed by atoms with van der Waals surface area (Å²) in [5.74, 6) is 0.703. The molecular formula is C10H18N2O2. The van der Waals surface area contributed by atoms with Gasteiger partial charge in [0.15, 0.2) is 0 Å². The van der Waals surface area contributed by atoms with E-state index in [4.69, 9.17) is 10.6 Å². The number of amides is 1. The molecule has 4 heteroatoms. The molecule has 1 amide bonds. The Labute approximate surface area is 84.3 Å². The summed E-state index contributed by atoms with van der Waals surface area (Å²) in [6.45, 7) is 1.01. The van der Waals surface area contributed by atoms with Crippen LogP contribution in [0.3, 0.4) is 0 Å². The van der Waals surface area contributed by atoms with Gasteiger partial charge in [-0.2, -0.15) is 0 Å². The molecule has 1 aliphatic heterocycles. The summed E-state index contributed by atoms with van der Waals surface area (Å²) >= 11 is 0. The van der Waals surface area contributed by atoms with Gasteiger partial charge in [-0.15, -0.1) is 0 Å². The minimum Gasteiger partial charge on any atom is -0.329 e. The lowest BCUT2D eigenvalue weighted by Gasteiger charge is -2.18. The molecule has 1 unspecified atom stereocenters. The van der Waals surface area contributed by atoms with Gasteiger partial charge < -0.3 is 5.73 Å². The molecule has 14 heavy (non-hydrogen) atoms. The maximum Gasteiger partial charge on any atom is 0.248 e. The number of nitrogens with two attached hydrogens (primary N) is 1. The fourth-order valence-corrected chi connectivity index (χ4v) is 2.41. The molecule has 2 fully saturated rings. The number of rotatable bonds is 3. The van der Waals surface area contributed by atoms with Crippen LogP contribution in [0.2, 0.25) is 0 Å². The van der Waals surface area contributed by atoms with Crippen molar-refractivity contribution in [3.63, 3.8) is 0 Å². The van der Waals surface area contributed by atoms with Crippen molar-refractivity contribution in [1.29, 1.82) is 0 Å². The van der Waals surface area contributed by atoms with Crippen molar-refractivity contribution in [2.24, 2.45) is 11.7 Å². The zero-order valence-electron chi connectivity index (χ0n) is 8.45. The van der Waals surface area contributed by atoms with Crippen LogP contribution in [-0.2, 0) is 9.63 Å². The van der Waals surface area contributed by atoms with E-state index in [1.54, 1.807) is 0 Å². The highest BCUT2D eigenvalue weighted by atomic mass is 16.7. The molecular weight excluding hydrogens is 180 g/mol. The molecule has 0 aromatic heterocycles. The Morgan fingerprint density at radius 1 is 1.43 bits per heavy atom. The Kier molecular flexibility index (Phi) is 3.03. The van der Waals surface area contributed by atoms with Gasteiger partial charge in [0.1, 0.15) is 0 Å². The minimum atomic E-state index is 0.104. The smallest absolute Gasteiger partial charge is 0.248 e. The van der Waals surface area contributed by atoms with E-state index in [2.05, 4.69) is 0 Å². The van der Waals surface area contributed by atoms with Gasteiger partial charge in [-0.05, 0) is 18.8 Å². The summed E-state index contributed by atoms with van der Waals surface area (Å²) in [5.41, 5.74) is 5.40. The van der Waals surface area contributed by atoms with Gasteiger partial charge in [0.25, 0.3) is 0 Å². The molecule has 1 atom stereocenters. The summed E-state index contributed by atoms with van der Waals surface area (Å²) < 4.78 is 0. The third-order valence-corrected chi connectivity index (χ3v) is 3.17. The standard InChI is InChI=1S/C10H18N2O2/c11-5-6-12-10(13)7-9(14-12)8-3-1-2-4-8/h8-9H,1-7,11H2. The van der Waals surface area contributed by atoms with Crippen LogP contribution in [0, 0.1) is 5.92 Å². The molecule has 2 aliphatic rings. The van der Waals surface area contributed by atoms with Gasteiger partial charge in [0, 0.05) is 6.54 Å². The van der Waals surface area contributed by atoms with Crippen molar-refractivity contribution in [2.45, 2.75) is 38.2 Å².